The SMILES string of the molecule is CCC(C)CN(CC)C(=O)c1c(O)cccc1F. The van der Waals surface area contributed by atoms with E-state index in [2.05, 4.69) is 0 Å². The molecule has 0 heterocycles. The minimum absolute atomic E-state index is 0.234. The van der Waals surface area contributed by atoms with E-state index < -0.39 is 11.7 Å². The molecule has 0 aliphatic heterocycles. The Balaban J connectivity index is 2.97. The molecule has 0 spiro atoms. The van der Waals surface area contributed by atoms with Crippen molar-refractivity contribution in [2.24, 2.45) is 5.92 Å². The molecule has 0 bridgehead atoms. The topological polar surface area (TPSA) is 40.5 Å². The molecule has 0 saturated heterocycles. The van der Waals surface area contributed by atoms with Crippen molar-refractivity contribution in [3.63, 3.8) is 0 Å². The second kappa shape index (κ2) is 6.38. The van der Waals surface area contributed by atoms with E-state index in [1.165, 1.54) is 18.2 Å². The van der Waals surface area contributed by atoms with Crippen LogP contribution in [-0.4, -0.2) is 29.0 Å². The fourth-order valence-electron chi connectivity index (χ4n) is 1.74. The van der Waals surface area contributed by atoms with Crippen LogP contribution in [0.3, 0.4) is 0 Å². The van der Waals surface area contributed by atoms with Crippen LogP contribution >= 0.6 is 0 Å². The summed E-state index contributed by atoms with van der Waals surface area (Å²) < 4.78 is 13.6. The van der Waals surface area contributed by atoms with E-state index >= 15 is 0 Å². The van der Waals surface area contributed by atoms with Gasteiger partial charge >= 0.3 is 0 Å². The number of halogens is 1. The summed E-state index contributed by atoms with van der Waals surface area (Å²) in [5.74, 6) is -1.08. The maximum Gasteiger partial charge on any atom is 0.260 e. The minimum Gasteiger partial charge on any atom is -0.507 e. The molecule has 1 aromatic carbocycles. The van der Waals surface area contributed by atoms with Crippen molar-refractivity contribution in [1.29, 1.82) is 0 Å². The molecule has 1 unspecified atom stereocenters. The van der Waals surface area contributed by atoms with Crippen molar-refractivity contribution in [2.45, 2.75) is 27.2 Å². The molecule has 18 heavy (non-hydrogen) atoms. The second-order valence-corrected chi connectivity index (χ2v) is 4.49. The molecule has 1 atom stereocenters. The molecule has 4 heteroatoms. The van der Waals surface area contributed by atoms with Crippen molar-refractivity contribution in [2.75, 3.05) is 13.1 Å². The van der Waals surface area contributed by atoms with Gasteiger partial charge in [-0.05, 0) is 25.0 Å². The van der Waals surface area contributed by atoms with Gasteiger partial charge in [0, 0.05) is 13.1 Å². The fraction of sp³-hybridized carbons (Fsp3) is 0.500. The van der Waals surface area contributed by atoms with Crippen molar-refractivity contribution in [1.82, 2.24) is 4.90 Å². The highest BCUT2D eigenvalue weighted by Gasteiger charge is 2.22. The standard InChI is InChI=1S/C14H20FNO2/c1-4-10(3)9-16(5-2)14(18)13-11(15)7-6-8-12(13)17/h6-8,10,17H,4-5,9H2,1-3H3. The summed E-state index contributed by atoms with van der Waals surface area (Å²) in [5, 5.41) is 9.61. The Kier molecular flexibility index (Phi) is 5.13. The number of carbonyl (C=O) groups is 1. The summed E-state index contributed by atoms with van der Waals surface area (Å²) in [5.41, 5.74) is -0.234. The Bertz CT molecular complexity index is 400. The maximum absolute atomic E-state index is 13.6. The lowest BCUT2D eigenvalue weighted by Crippen LogP contribution is -2.35. The molecule has 100 valence electrons. The summed E-state index contributed by atoms with van der Waals surface area (Å²) in [6.45, 7) is 7.00. The van der Waals surface area contributed by atoms with Crippen LogP contribution in [0.25, 0.3) is 0 Å². The number of carbonyl (C=O) groups excluding carboxylic acids is 1. The van der Waals surface area contributed by atoms with E-state index in [1.807, 2.05) is 20.8 Å². The van der Waals surface area contributed by atoms with E-state index in [1.54, 1.807) is 4.90 Å². The fourth-order valence-corrected chi connectivity index (χ4v) is 1.74. The van der Waals surface area contributed by atoms with E-state index in [0.717, 1.165) is 6.42 Å². The molecule has 0 aliphatic rings. The minimum atomic E-state index is -0.678. The Hall–Kier alpha value is -1.58. The summed E-state index contributed by atoms with van der Waals surface area (Å²) in [6.07, 6.45) is 0.951. The molecule has 1 aromatic rings. The molecule has 0 fully saturated rings. The first kappa shape index (κ1) is 14.5. The summed E-state index contributed by atoms with van der Waals surface area (Å²) >= 11 is 0. The van der Waals surface area contributed by atoms with Gasteiger partial charge in [0.15, 0.2) is 0 Å². The molecule has 0 radical (unpaired) electrons. The molecule has 0 aromatic heterocycles. The lowest BCUT2D eigenvalue weighted by Gasteiger charge is -2.24. The van der Waals surface area contributed by atoms with Gasteiger partial charge in [0.1, 0.15) is 17.1 Å². The van der Waals surface area contributed by atoms with Crippen LogP contribution in [0.5, 0.6) is 5.75 Å². The normalized spacial score (nSPS) is 12.2. The van der Waals surface area contributed by atoms with Gasteiger partial charge in [0.25, 0.3) is 5.91 Å². The number of hydrogen-bond acceptors (Lipinski definition) is 2. The Morgan fingerprint density at radius 1 is 1.44 bits per heavy atom. The number of rotatable bonds is 5. The average Bonchev–Trinajstić information content (AvgIpc) is 2.35. The van der Waals surface area contributed by atoms with Gasteiger partial charge in [0.2, 0.25) is 0 Å². The summed E-state index contributed by atoms with van der Waals surface area (Å²) in [4.78, 5) is 13.8. The third-order valence-electron chi connectivity index (χ3n) is 3.10. The van der Waals surface area contributed by atoms with Gasteiger partial charge < -0.3 is 10.0 Å². The van der Waals surface area contributed by atoms with E-state index in [9.17, 15) is 14.3 Å². The smallest absolute Gasteiger partial charge is 0.260 e. The van der Waals surface area contributed by atoms with Crippen LogP contribution < -0.4 is 0 Å². The molecule has 3 nitrogen and oxygen atoms in total. The lowest BCUT2D eigenvalue weighted by atomic mass is 10.1. The van der Waals surface area contributed by atoms with Gasteiger partial charge in [-0.1, -0.05) is 26.3 Å². The second-order valence-electron chi connectivity index (χ2n) is 4.49. The molecule has 1 N–H and O–H groups in total. The van der Waals surface area contributed by atoms with E-state index in [4.69, 9.17) is 0 Å². The summed E-state index contributed by atoms with van der Waals surface area (Å²) in [6, 6.07) is 3.89. The lowest BCUT2D eigenvalue weighted by molar-refractivity contribution is 0.0733. The zero-order valence-corrected chi connectivity index (χ0v) is 11.1. The zero-order chi connectivity index (χ0) is 13.7. The number of aromatic hydroxyl groups is 1. The maximum atomic E-state index is 13.6. The average molecular weight is 253 g/mol. The Labute approximate surface area is 107 Å². The van der Waals surface area contributed by atoms with Crippen LogP contribution in [0.2, 0.25) is 0 Å². The highest BCUT2D eigenvalue weighted by molar-refractivity contribution is 5.97. The third kappa shape index (κ3) is 3.22. The number of hydrogen-bond donors (Lipinski definition) is 1. The Morgan fingerprint density at radius 3 is 2.61 bits per heavy atom. The van der Waals surface area contributed by atoms with Crippen LogP contribution in [0.15, 0.2) is 18.2 Å². The number of amides is 1. The highest BCUT2D eigenvalue weighted by Crippen LogP contribution is 2.22. The highest BCUT2D eigenvalue weighted by atomic mass is 19.1. The molecular formula is C14H20FNO2. The number of phenolic OH excluding ortho intramolecular Hbond substituents is 1. The van der Waals surface area contributed by atoms with E-state index in [0.29, 0.717) is 19.0 Å². The van der Waals surface area contributed by atoms with Crippen LogP contribution in [0, 0.1) is 11.7 Å². The largest absolute Gasteiger partial charge is 0.507 e. The first-order valence-corrected chi connectivity index (χ1v) is 6.27. The van der Waals surface area contributed by atoms with Gasteiger partial charge in [-0.2, -0.15) is 0 Å². The van der Waals surface area contributed by atoms with E-state index in [-0.39, 0.29) is 11.3 Å². The predicted molar refractivity (Wildman–Crippen MR) is 69.1 cm³/mol. The van der Waals surface area contributed by atoms with Gasteiger partial charge in [-0.15, -0.1) is 0 Å². The monoisotopic (exact) mass is 253 g/mol. The van der Waals surface area contributed by atoms with Crippen LogP contribution in [0.4, 0.5) is 4.39 Å². The van der Waals surface area contributed by atoms with Crippen molar-refractivity contribution in [3.05, 3.63) is 29.6 Å². The van der Waals surface area contributed by atoms with Gasteiger partial charge in [0.05, 0.1) is 0 Å². The third-order valence-corrected chi connectivity index (χ3v) is 3.10. The van der Waals surface area contributed by atoms with Crippen molar-refractivity contribution >= 4 is 5.91 Å². The molecule has 1 amide bonds. The predicted octanol–water partition coefficient (Wildman–Crippen LogP) is 3.04. The molecule has 0 aliphatic carbocycles. The zero-order valence-electron chi connectivity index (χ0n) is 11.1. The first-order chi connectivity index (χ1) is 8.51. The van der Waals surface area contributed by atoms with Crippen molar-refractivity contribution < 1.29 is 14.3 Å². The molecule has 0 saturated carbocycles. The number of nitrogens with zero attached hydrogens (tertiary/aromatic N) is 1. The Morgan fingerprint density at radius 2 is 2.11 bits per heavy atom. The quantitative estimate of drug-likeness (QED) is 0.876. The van der Waals surface area contributed by atoms with Gasteiger partial charge in [-0.3, -0.25) is 4.79 Å². The van der Waals surface area contributed by atoms with Crippen LogP contribution in [0.1, 0.15) is 37.6 Å². The number of phenols is 1. The molecular weight excluding hydrogens is 233 g/mol. The van der Waals surface area contributed by atoms with Crippen molar-refractivity contribution in [3.8, 4) is 5.75 Å². The summed E-state index contributed by atoms with van der Waals surface area (Å²) in [7, 11) is 0. The molecule has 1 rings (SSSR count). The number of benzene rings is 1. The first-order valence-electron chi connectivity index (χ1n) is 6.27. The van der Waals surface area contributed by atoms with Crippen LogP contribution in [-0.2, 0) is 0 Å². The van der Waals surface area contributed by atoms with Gasteiger partial charge in [-0.25, -0.2) is 4.39 Å².